The summed E-state index contributed by atoms with van der Waals surface area (Å²) in [6.07, 6.45) is 3.12. The maximum absolute atomic E-state index is 13.4. The van der Waals surface area contributed by atoms with Gasteiger partial charge in [0.15, 0.2) is 5.49 Å². The Hall–Kier alpha value is -3.63. The maximum Gasteiger partial charge on any atom is 0.341 e. The van der Waals surface area contributed by atoms with E-state index in [1.807, 2.05) is 0 Å². The molecule has 1 aliphatic rings. The number of amides is 1. The number of esters is 1. The molecular weight excluding hydrogens is 528 g/mol. The Labute approximate surface area is 214 Å². The van der Waals surface area contributed by atoms with Crippen LogP contribution in [0.1, 0.15) is 40.5 Å². The fourth-order valence-electron chi connectivity index (χ4n) is 4.31. The molecule has 9 nitrogen and oxygen atoms in total. The van der Waals surface area contributed by atoms with Crippen molar-refractivity contribution in [3.8, 4) is 0 Å². The minimum absolute atomic E-state index is 0.0116. The Morgan fingerprint density at radius 3 is 2.75 bits per heavy atom. The smallest absolute Gasteiger partial charge is 0.341 e. The molecule has 184 valence electrons. The van der Waals surface area contributed by atoms with Crippen LogP contribution in [0.25, 0.3) is 16.7 Å². The van der Waals surface area contributed by atoms with Crippen molar-refractivity contribution in [1.29, 1.82) is 0 Å². The summed E-state index contributed by atoms with van der Waals surface area (Å²) in [6, 6.07) is 13.6. The van der Waals surface area contributed by atoms with E-state index in [-0.39, 0.29) is 41.3 Å². The van der Waals surface area contributed by atoms with E-state index in [1.165, 1.54) is 10.5 Å². The fourth-order valence-corrected chi connectivity index (χ4v) is 4.77. The van der Waals surface area contributed by atoms with Gasteiger partial charge in [-0.2, -0.15) is 4.99 Å². The molecule has 0 bridgehead atoms. The second kappa shape index (κ2) is 10.2. The minimum atomic E-state index is -0.684. The number of pyridine rings is 2. The number of benzene rings is 1. The summed E-state index contributed by atoms with van der Waals surface area (Å²) >= 11 is 3.39. The first kappa shape index (κ1) is 24.1. The van der Waals surface area contributed by atoms with E-state index in [0.29, 0.717) is 27.9 Å². The molecule has 1 saturated heterocycles. The first-order valence-electron chi connectivity index (χ1n) is 11.6. The molecule has 0 unspecified atom stereocenters. The second-order valence-corrected chi connectivity index (χ2v) is 9.18. The summed E-state index contributed by atoms with van der Waals surface area (Å²) in [7, 11) is 0. The highest BCUT2D eigenvalue weighted by Crippen LogP contribution is 2.19. The summed E-state index contributed by atoms with van der Waals surface area (Å²) in [6.45, 7) is 2.69. The van der Waals surface area contributed by atoms with Gasteiger partial charge in [0.1, 0.15) is 16.9 Å². The van der Waals surface area contributed by atoms with Crippen LogP contribution in [0.15, 0.2) is 69.0 Å². The van der Waals surface area contributed by atoms with Gasteiger partial charge in [0.2, 0.25) is 0 Å². The quantitative estimate of drug-likeness (QED) is 0.278. The predicted molar refractivity (Wildman–Crippen MR) is 136 cm³/mol. The number of halogens is 1. The molecule has 0 spiro atoms. The molecule has 4 heterocycles. The van der Waals surface area contributed by atoms with Gasteiger partial charge in [-0.1, -0.05) is 18.2 Å². The molecule has 1 amide bonds. The van der Waals surface area contributed by atoms with Gasteiger partial charge in [-0.15, -0.1) is 0 Å². The second-order valence-electron chi connectivity index (χ2n) is 8.33. The molecule has 0 N–H and O–H groups in total. The van der Waals surface area contributed by atoms with E-state index in [2.05, 4.69) is 20.9 Å². The predicted octanol–water partition coefficient (Wildman–Crippen LogP) is 3.51. The summed E-state index contributed by atoms with van der Waals surface area (Å²) in [5.74, 6) is -1.23. The highest BCUT2D eigenvalue weighted by Gasteiger charge is 2.24. The zero-order valence-electron chi connectivity index (χ0n) is 19.5. The van der Waals surface area contributed by atoms with Crippen molar-refractivity contribution in [1.82, 2.24) is 14.0 Å². The van der Waals surface area contributed by atoms with Gasteiger partial charge in [0, 0.05) is 17.3 Å². The van der Waals surface area contributed by atoms with E-state index in [4.69, 9.17) is 14.5 Å². The van der Waals surface area contributed by atoms with E-state index < -0.39 is 11.9 Å². The lowest BCUT2D eigenvalue weighted by Crippen LogP contribution is -2.35. The van der Waals surface area contributed by atoms with Crippen LogP contribution in [0, 0.1) is 0 Å². The molecule has 1 aromatic carbocycles. The number of hydrogen-bond acceptors (Lipinski definition) is 6. The minimum Gasteiger partial charge on any atom is -0.462 e. The topological polar surface area (TPSA) is 104 Å². The Morgan fingerprint density at radius 1 is 1.19 bits per heavy atom. The van der Waals surface area contributed by atoms with Crippen molar-refractivity contribution in [2.24, 2.45) is 4.99 Å². The molecule has 36 heavy (non-hydrogen) atoms. The average molecular weight is 551 g/mol. The third kappa shape index (κ3) is 4.49. The van der Waals surface area contributed by atoms with Crippen LogP contribution in [-0.4, -0.2) is 45.1 Å². The van der Waals surface area contributed by atoms with Crippen molar-refractivity contribution in [2.75, 3.05) is 13.2 Å². The molecule has 1 aliphatic heterocycles. The van der Waals surface area contributed by atoms with Crippen LogP contribution in [0.4, 0.5) is 0 Å². The number of fused-ring (bicyclic) bond motifs is 2. The van der Waals surface area contributed by atoms with Crippen LogP contribution < -0.4 is 11.0 Å². The Bertz CT molecular complexity index is 1620. The van der Waals surface area contributed by atoms with Crippen molar-refractivity contribution in [2.45, 2.75) is 32.4 Å². The molecular formula is C26H23BrN4O5. The molecule has 5 rings (SSSR count). The monoisotopic (exact) mass is 550 g/mol. The number of rotatable bonds is 5. The molecule has 0 radical (unpaired) electrons. The Balaban J connectivity index is 1.87. The maximum atomic E-state index is 13.4. The van der Waals surface area contributed by atoms with Crippen LogP contribution in [0.5, 0.6) is 0 Å². The van der Waals surface area contributed by atoms with Crippen molar-refractivity contribution in [3.63, 3.8) is 0 Å². The zero-order valence-corrected chi connectivity index (χ0v) is 21.1. The lowest BCUT2D eigenvalue weighted by Gasteiger charge is -2.18. The molecule has 1 fully saturated rings. The van der Waals surface area contributed by atoms with Crippen molar-refractivity contribution >= 4 is 44.5 Å². The van der Waals surface area contributed by atoms with Crippen molar-refractivity contribution < 1.29 is 19.1 Å². The number of nitrogens with zero attached hydrogens (tertiary/aromatic N) is 4. The fraction of sp³-hybridized carbons (Fsp3) is 0.269. The first-order valence-corrected chi connectivity index (χ1v) is 12.4. The van der Waals surface area contributed by atoms with Crippen molar-refractivity contribution in [3.05, 3.63) is 86.2 Å². The third-order valence-electron chi connectivity index (χ3n) is 6.01. The van der Waals surface area contributed by atoms with Crippen LogP contribution in [-0.2, 0) is 16.0 Å². The molecule has 3 aromatic heterocycles. The summed E-state index contributed by atoms with van der Waals surface area (Å²) in [5.41, 5.74) is 0.826. The molecule has 10 heteroatoms. The molecule has 1 atom stereocenters. The zero-order chi connectivity index (χ0) is 25.2. The number of carbonyl (C=O) groups excluding carboxylic acids is 2. The summed E-state index contributed by atoms with van der Waals surface area (Å²) in [5, 5.41) is 0.215. The Morgan fingerprint density at radius 2 is 2.00 bits per heavy atom. The van der Waals surface area contributed by atoms with E-state index in [1.54, 1.807) is 60.2 Å². The van der Waals surface area contributed by atoms with E-state index in [0.717, 1.165) is 12.8 Å². The standard InChI is InChI=1S/C26H23BrN4O5/c1-2-35-26(34)19-14-18-22(28-21-11-5-6-12-30(21)25(18)33)31(15-16-8-7-13-36-16)23(19)29-24(32)17-9-3-4-10-20(17)27/h3-6,9-12,14,16H,2,7-8,13,15H2,1H3/t16-/m1/s1. The van der Waals surface area contributed by atoms with Crippen LogP contribution >= 0.6 is 15.9 Å². The number of ether oxygens (including phenoxy) is 2. The van der Waals surface area contributed by atoms with Crippen LogP contribution in [0.2, 0.25) is 0 Å². The molecule has 4 aromatic rings. The van der Waals surface area contributed by atoms with Gasteiger partial charge in [0.25, 0.3) is 11.5 Å². The van der Waals surface area contributed by atoms with E-state index in [9.17, 15) is 14.4 Å². The molecule has 0 aliphatic carbocycles. The summed E-state index contributed by atoms with van der Waals surface area (Å²) < 4.78 is 14.8. The normalized spacial score (nSPS) is 16.1. The summed E-state index contributed by atoms with van der Waals surface area (Å²) in [4.78, 5) is 48.9. The van der Waals surface area contributed by atoms with E-state index >= 15 is 0 Å². The number of hydrogen-bond donors (Lipinski definition) is 0. The lowest BCUT2D eigenvalue weighted by atomic mass is 10.1. The third-order valence-corrected chi connectivity index (χ3v) is 6.70. The van der Waals surface area contributed by atoms with Gasteiger partial charge in [-0.25, -0.2) is 9.78 Å². The largest absolute Gasteiger partial charge is 0.462 e. The average Bonchev–Trinajstić information content (AvgIpc) is 3.39. The highest BCUT2D eigenvalue weighted by molar-refractivity contribution is 9.10. The molecule has 0 saturated carbocycles. The highest BCUT2D eigenvalue weighted by atomic mass is 79.9. The Kier molecular flexibility index (Phi) is 6.80. The first-order chi connectivity index (χ1) is 17.5. The lowest BCUT2D eigenvalue weighted by molar-refractivity contribution is 0.0521. The number of carbonyl (C=O) groups is 2. The SMILES string of the molecule is CCOC(=O)c1cc2c(=O)n3ccccc3nc2n(C[C@H]2CCCO2)c1=NC(=O)c1ccccc1Br. The number of aromatic nitrogens is 3. The van der Waals surface area contributed by atoms with Gasteiger partial charge in [-0.05, 0) is 66.0 Å². The van der Waals surface area contributed by atoms with Gasteiger partial charge < -0.3 is 14.0 Å². The van der Waals surface area contributed by atoms with Gasteiger partial charge in [0.05, 0.1) is 30.2 Å². The van der Waals surface area contributed by atoms with Gasteiger partial charge in [-0.3, -0.25) is 14.0 Å². The van der Waals surface area contributed by atoms with Gasteiger partial charge >= 0.3 is 5.97 Å². The van der Waals surface area contributed by atoms with Crippen LogP contribution in [0.3, 0.4) is 0 Å².